The molecule has 1 fully saturated rings. The zero-order valence-corrected chi connectivity index (χ0v) is 27.9. The number of quaternary nitrogens is 1. The largest absolute Gasteiger partial charge is 0.508 e. The van der Waals surface area contributed by atoms with Crippen LogP contribution in [-0.4, -0.2) is 113 Å². The zero-order valence-electron chi connectivity index (χ0n) is 27.9. The van der Waals surface area contributed by atoms with Crippen LogP contribution in [0.4, 0.5) is 0 Å². The third kappa shape index (κ3) is 6.53. The highest BCUT2D eigenvalue weighted by atomic mass is 16.3. The van der Waals surface area contributed by atoms with Gasteiger partial charge in [0.15, 0.2) is 11.4 Å². The van der Waals surface area contributed by atoms with E-state index in [2.05, 4.69) is 26.5 Å². The fourth-order valence-corrected chi connectivity index (χ4v) is 6.89. The lowest BCUT2D eigenvalue weighted by Crippen LogP contribution is -2.65. The van der Waals surface area contributed by atoms with Gasteiger partial charge in [0.2, 0.25) is 11.7 Å². The molecule has 7 N–H and O–H groups in total. The molecule has 5 rings (SSSR count). The topological polar surface area (TPSA) is 190 Å². The Morgan fingerprint density at radius 1 is 1.09 bits per heavy atom. The van der Waals surface area contributed by atoms with Gasteiger partial charge in [0.05, 0.1) is 45.8 Å². The zero-order chi connectivity index (χ0) is 35.2. The molecule has 12 heteroatoms. The third-order valence-electron chi connectivity index (χ3n) is 9.09. The van der Waals surface area contributed by atoms with E-state index in [-0.39, 0.29) is 35.6 Å². The number of benzene rings is 2. The standard InChI is InChI=1S/C28H28N2O7.C7H16N2O/c1-12-5-4-6-13(9-12)15-7-8-18(31)20-16(15)10-14-11-17-22(30(2)3)24(33)21(27(29)36)26(35)28(17,37)25(34)19(14)23(20)32;1-7(10)8-5-6-9(2,3)4/h4-9,14,17,22,31-32,35,37H,10-11H2,1-3H3,(H2,29,36);5-6H2,1-4H3/p+1/t14-,17-,22-,28-;/m0./s1. The Bertz CT molecular complexity index is 1700. The van der Waals surface area contributed by atoms with Crippen molar-refractivity contribution in [1.29, 1.82) is 0 Å². The molecule has 0 saturated heterocycles. The number of amides is 2. The van der Waals surface area contributed by atoms with Crippen LogP contribution in [0.3, 0.4) is 0 Å². The number of Topliss-reactive ketones (excluding diaryl/α,β-unsaturated/α-hetero) is 2. The van der Waals surface area contributed by atoms with Crippen LogP contribution in [-0.2, 0) is 25.6 Å². The van der Waals surface area contributed by atoms with Gasteiger partial charge in [0.1, 0.15) is 22.8 Å². The fourth-order valence-electron chi connectivity index (χ4n) is 6.89. The Labute approximate surface area is 274 Å². The average molecular weight is 650 g/mol. The second-order valence-electron chi connectivity index (χ2n) is 13.8. The molecule has 0 radical (unpaired) electrons. The molecular formula is C35H45N4O8+. The number of ketones is 2. The van der Waals surface area contributed by atoms with Gasteiger partial charge in [-0.25, -0.2) is 0 Å². The van der Waals surface area contributed by atoms with Crippen LogP contribution in [0.15, 0.2) is 53.3 Å². The molecule has 12 nitrogen and oxygen atoms in total. The Morgan fingerprint density at radius 2 is 1.74 bits per heavy atom. The quantitative estimate of drug-likeness (QED) is 0.200. The number of nitrogens with two attached hydrogens (primary N) is 1. The summed E-state index contributed by atoms with van der Waals surface area (Å²) in [6.45, 7) is 5.22. The molecule has 0 spiro atoms. The minimum Gasteiger partial charge on any atom is -0.508 e. The van der Waals surface area contributed by atoms with E-state index in [1.807, 2.05) is 31.2 Å². The number of carbonyl (C=O) groups is 4. The number of aryl methyl sites for hydroxylation is 1. The van der Waals surface area contributed by atoms with Crippen LogP contribution in [0.1, 0.15) is 30.0 Å². The maximum absolute atomic E-state index is 13.9. The highest BCUT2D eigenvalue weighted by molar-refractivity contribution is 6.24. The number of fused-ring (bicyclic) bond motifs is 3. The van der Waals surface area contributed by atoms with Crippen LogP contribution < -0.4 is 11.1 Å². The van der Waals surface area contributed by atoms with Gasteiger partial charge < -0.3 is 36.0 Å². The van der Waals surface area contributed by atoms with Crippen molar-refractivity contribution in [3.05, 3.63) is 70.0 Å². The number of aromatic hydroxyl groups is 1. The van der Waals surface area contributed by atoms with E-state index in [1.165, 1.54) is 17.9 Å². The monoisotopic (exact) mass is 649 g/mol. The number of aliphatic hydroxyl groups is 3. The van der Waals surface area contributed by atoms with Crippen molar-refractivity contribution in [2.75, 3.05) is 48.3 Å². The molecule has 2 amide bonds. The summed E-state index contributed by atoms with van der Waals surface area (Å²) >= 11 is 0. The number of rotatable bonds is 6. The molecule has 252 valence electrons. The number of primary amides is 1. The average Bonchev–Trinajstić information content (AvgIpc) is 2.94. The van der Waals surface area contributed by atoms with Crippen molar-refractivity contribution in [1.82, 2.24) is 10.2 Å². The number of nitrogens with one attached hydrogen (secondary N) is 1. The van der Waals surface area contributed by atoms with E-state index in [1.54, 1.807) is 20.2 Å². The molecule has 0 aromatic heterocycles. The van der Waals surface area contributed by atoms with Crippen LogP contribution in [0, 0.1) is 18.8 Å². The molecular weight excluding hydrogens is 604 g/mol. The minimum absolute atomic E-state index is 0.0495. The summed E-state index contributed by atoms with van der Waals surface area (Å²) in [6.07, 6.45) is 0.293. The highest BCUT2D eigenvalue weighted by Crippen LogP contribution is 2.53. The van der Waals surface area contributed by atoms with Gasteiger partial charge in [0, 0.05) is 18.4 Å². The van der Waals surface area contributed by atoms with Crippen molar-refractivity contribution in [3.8, 4) is 16.9 Å². The van der Waals surface area contributed by atoms with Gasteiger partial charge >= 0.3 is 0 Å². The molecule has 0 aliphatic heterocycles. The summed E-state index contributed by atoms with van der Waals surface area (Å²) in [5.41, 5.74) is 5.10. The van der Waals surface area contributed by atoms with Gasteiger partial charge in [-0.15, -0.1) is 0 Å². The maximum Gasteiger partial charge on any atom is 0.255 e. The number of nitrogens with zero attached hydrogens (tertiary/aromatic N) is 2. The van der Waals surface area contributed by atoms with Crippen LogP contribution in [0.5, 0.6) is 5.75 Å². The Kier molecular flexibility index (Phi) is 9.73. The minimum atomic E-state index is -2.64. The normalized spacial score (nSPS) is 23.8. The lowest BCUT2D eigenvalue weighted by molar-refractivity contribution is -0.869. The lowest BCUT2D eigenvalue weighted by atomic mass is 9.57. The van der Waals surface area contributed by atoms with Crippen molar-refractivity contribution < 1.29 is 44.1 Å². The van der Waals surface area contributed by atoms with E-state index in [4.69, 9.17) is 5.73 Å². The molecule has 4 atom stereocenters. The first-order chi connectivity index (χ1) is 21.8. The van der Waals surface area contributed by atoms with E-state index in [0.29, 0.717) is 5.56 Å². The molecule has 1 saturated carbocycles. The van der Waals surface area contributed by atoms with Gasteiger partial charge in [0.25, 0.3) is 5.91 Å². The van der Waals surface area contributed by atoms with Crippen molar-refractivity contribution in [2.24, 2.45) is 17.6 Å². The first-order valence-corrected chi connectivity index (χ1v) is 15.4. The van der Waals surface area contributed by atoms with E-state index >= 15 is 0 Å². The first-order valence-electron chi connectivity index (χ1n) is 15.4. The first kappa shape index (κ1) is 35.3. The third-order valence-corrected chi connectivity index (χ3v) is 9.09. The van der Waals surface area contributed by atoms with Crippen LogP contribution >= 0.6 is 0 Å². The van der Waals surface area contributed by atoms with Gasteiger partial charge in [-0.2, -0.15) is 0 Å². The summed E-state index contributed by atoms with van der Waals surface area (Å²) in [5, 5.41) is 47.4. The SMILES string of the molecule is CC(=O)NCC[N+](C)(C)C.Cc1cccc(-c2ccc(O)c3c2C[C@H]2C[C@H]4[C@H](N(C)C)C(=O)C(C(N)=O)=C(O)[C@@]4(O)C(=O)C2=C3O)c1. The summed E-state index contributed by atoms with van der Waals surface area (Å²) in [5.74, 6) is -6.56. The number of hydrogen-bond donors (Lipinski definition) is 6. The summed E-state index contributed by atoms with van der Waals surface area (Å²) < 4.78 is 0.889. The molecule has 3 aliphatic carbocycles. The number of hydrogen-bond acceptors (Lipinski definition) is 9. The van der Waals surface area contributed by atoms with E-state index in [0.717, 1.165) is 34.3 Å². The Morgan fingerprint density at radius 3 is 2.30 bits per heavy atom. The van der Waals surface area contributed by atoms with Crippen molar-refractivity contribution in [3.63, 3.8) is 0 Å². The molecule has 2 aromatic carbocycles. The summed E-state index contributed by atoms with van der Waals surface area (Å²) in [7, 11) is 9.44. The number of likely N-dealkylation sites (N-methyl/N-ethyl adjacent to an activating group) is 2. The fraction of sp³-hybridized carbons (Fsp3) is 0.429. The smallest absolute Gasteiger partial charge is 0.255 e. The number of carbonyl (C=O) groups excluding carboxylic acids is 4. The molecule has 0 unspecified atom stereocenters. The van der Waals surface area contributed by atoms with Crippen molar-refractivity contribution >= 4 is 29.1 Å². The van der Waals surface area contributed by atoms with Gasteiger partial charge in [-0.1, -0.05) is 35.9 Å². The maximum atomic E-state index is 13.9. The predicted molar refractivity (Wildman–Crippen MR) is 176 cm³/mol. The van der Waals surface area contributed by atoms with Crippen LogP contribution in [0.2, 0.25) is 0 Å². The molecule has 0 heterocycles. The van der Waals surface area contributed by atoms with E-state index in [9.17, 15) is 39.6 Å². The van der Waals surface area contributed by atoms with Crippen molar-refractivity contribution in [2.45, 2.75) is 38.3 Å². The second kappa shape index (κ2) is 12.9. The Balaban J connectivity index is 0.000000434. The van der Waals surface area contributed by atoms with Crippen LogP contribution in [0.25, 0.3) is 16.9 Å². The molecule has 47 heavy (non-hydrogen) atoms. The molecule has 0 bridgehead atoms. The number of phenolic OH excluding ortho intramolecular Hbond substituents is 1. The van der Waals surface area contributed by atoms with Gasteiger partial charge in [-0.3, -0.25) is 24.1 Å². The van der Waals surface area contributed by atoms with Gasteiger partial charge in [-0.05, 0) is 62.5 Å². The molecule has 2 aromatic rings. The molecule has 3 aliphatic rings. The van der Waals surface area contributed by atoms with E-state index < -0.39 is 58.0 Å². The highest BCUT2D eigenvalue weighted by Gasteiger charge is 2.64. The number of aliphatic hydroxyl groups excluding tert-OH is 2. The lowest BCUT2D eigenvalue weighted by Gasteiger charge is -2.50. The summed E-state index contributed by atoms with van der Waals surface area (Å²) in [6, 6.07) is 9.82. The second-order valence-corrected chi connectivity index (χ2v) is 13.8. The number of phenols is 1. The summed E-state index contributed by atoms with van der Waals surface area (Å²) in [4.78, 5) is 51.0. The predicted octanol–water partition coefficient (Wildman–Crippen LogP) is 1.77. The Hall–Kier alpha value is -4.52.